The average molecular weight is 273 g/mol. The van der Waals surface area contributed by atoms with Gasteiger partial charge in [-0.2, -0.15) is 0 Å². The molecule has 2 unspecified atom stereocenters. The second-order valence-corrected chi connectivity index (χ2v) is 5.21. The smallest absolute Gasteiger partial charge is 0.123 e. The van der Waals surface area contributed by atoms with Gasteiger partial charge in [-0.25, -0.2) is 4.39 Å². The van der Waals surface area contributed by atoms with E-state index in [-0.39, 0.29) is 11.7 Å². The maximum atomic E-state index is 13.5. The summed E-state index contributed by atoms with van der Waals surface area (Å²) in [5, 5.41) is 10.6. The topological polar surface area (TPSA) is 46.2 Å². The van der Waals surface area contributed by atoms with Crippen molar-refractivity contribution in [2.75, 3.05) is 6.54 Å². The van der Waals surface area contributed by atoms with Crippen molar-refractivity contribution in [3.63, 3.8) is 0 Å². The van der Waals surface area contributed by atoms with Crippen molar-refractivity contribution in [2.24, 2.45) is 5.73 Å². The Bertz CT molecular complexity index is 577. The Balaban J connectivity index is 2.39. The molecule has 0 saturated heterocycles. The minimum absolute atomic E-state index is 0.239. The molecular weight excluding hydrogens is 253 g/mol. The summed E-state index contributed by atoms with van der Waals surface area (Å²) in [5.74, 6) is -0.572. The number of hydrogen-bond acceptors (Lipinski definition) is 2. The summed E-state index contributed by atoms with van der Waals surface area (Å²) in [4.78, 5) is 0. The third kappa shape index (κ3) is 3.06. The summed E-state index contributed by atoms with van der Waals surface area (Å²) >= 11 is 0. The number of rotatable bonds is 4. The molecule has 0 spiro atoms. The molecule has 2 rings (SSSR count). The Kier molecular flexibility index (Phi) is 4.53. The van der Waals surface area contributed by atoms with Crippen LogP contribution in [0, 0.1) is 19.7 Å². The van der Waals surface area contributed by atoms with Crippen molar-refractivity contribution in [3.05, 3.63) is 70.5 Å². The van der Waals surface area contributed by atoms with E-state index >= 15 is 0 Å². The van der Waals surface area contributed by atoms with Crippen LogP contribution in [-0.2, 0) is 0 Å². The summed E-state index contributed by atoms with van der Waals surface area (Å²) < 4.78 is 13.5. The number of nitrogens with two attached hydrogens (primary N) is 1. The van der Waals surface area contributed by atoms with Gasteiger partial charge in [0.1, 0.15) is 5.82 Å². The zero-order valence-corrected chi connectivity index (χ0v) is 11.8. The summed E-state index contributed by atoms with van der Waals surface area (Å²) in [6.07, 6.45) is -0.810. The molecule has 2 nitrogen and oxygen atoms in total. The molecule has 0 radical (unpaired) electrons. The molecule has 0 aromatic heterocycles. The zero-order chi connectivity index (χ0) is 14.7. The van der Waals surface area contributed by atoms with E-state index in [0.717, 1.165) is 16.7 Å². The Morgan fingerprint density at radius 1 is 1.15 bits per heavy atom. The fourth-order valence-electron chi connectivity index (χ4n) is 2.60. The van der Waals surface area contributed by atoms with E-state index in [4.69, 9.17) is 5.73 Å². The van der Waals surface area contributed by atoms with E-state index in [1.165, 1.54) is 12.1 Å². The number of hydrogen-bond donors (Lipinski definition) is 2. The molecule has 0 bridgehead atoms. The highest BCUT2D eigenvalue weighted by molar-refractivity contribution is 5.34. The van der Waals surface area contributed by atoms with Gasteiger partial charge in [0.25, 0.3) is 0 Å². The molecule has 0 aliphatic carbocycles. The normalized spacial score (nSPS) is 14.1. The predicted molar refractivity (Wildman–Crippen MR) is 79.1 cm³/mol. The van der Waals surface area contributed by atoms with E-state index in [2.05, 4.69) is 0 Å². The first-order valence-corrected chi connectivity index (χ1v) is 6.73. The second-order valence-electron chi connectivity index (χ2n) is 5.21. The second kappa shape index (κ2) is 6.16. The van der Waals surface area contributed by atoms with Crippen LogP contribution in [0.4, 0.5) is 4.39 Å². The van der Waals surface area contributed by atoms with Gasteiger partial charge in [-0.05, 0) is 48.2 Å². The molecule has 106 valence electrons. The van der Waals surface area contributed by atoms with Crippen LogP contribution in [0.15, 0.2) is 42.5 Å². The maximum Gasteiger partial charge on any atom is 0.123 e. The standard InChI is InChI=1S/C17H20FNO/c1-11-7-13(9-14(18)8-11)17(20)16(10-19)15-6-4-3-5-12(15)2/h3-9,16-17,20H,10,19H2,1-2H3. The molecule has 0 heterocycles. The van der Waals surface area contributed by atoms with E-state index in [0.29, 0.717) is 12.1 Å². The largest absolute Gasteiger partial charge is 0.388 e. The third-order valence-corrected chi connectivity index (χ3v) is 3.63. The van der Waals surface area contributed by atoms with Crippen molar-refractivity contribution >= 4 is 0 Å². The Morgan fingerprint density at radius 2 is 1.85 bits per heavy atom. The molecule has 2 aromatic carbocycles. The molecule has 2 aromatic rings. The van der Waals surface area contributed by atoms with Gasteiger partial charge in [-0.1, -0.05) is 30.3 Å². The summed E-state index contributed by atoms with van der Waals surface area (Å²) in [5.41, 5.74) is 9.28. The van der Waals surface area contributed by atoms with E-state index in [1.807, 2.05) is 38.1 Å². The number of halogens is 1. The Labute approximate surface area is 119 Å². The molecule has 0 fully saturated rings. The lowest BCUT2D eigenvalue weighted by Crippen LogP contribution is -2.21. The van der Waals surface area contributed by atoms with Crippen molar-refractivity contribution < 1.29 is 9.50 Å². The van der Waals surface area contributed by atoms with Crippen LogP contribution in [-0.4, -0.2) is 11.7 Å². The number of aliphatic hydroxyl groups excluding tert-OH is 1. The highest BCUT2D eigenvalue weighted by atomic mass is 19.1. The lowest BCUT2D eigenvalue weighted by atomic mass is 9.86. The number of benzene rings is 2. The van der Waals surface area contributed by atoms with Crippen molar-refractivity contribution in [1.29, 1.82) is 0 Å². The average Bonchev–Trinajstić information content (AvgIpc) is 2.40. The van der Waals surface area contributed by atoms with E-state index in [9.17, 15) is 9.50 Å². The van der Waals surface area contributed by atoms with Crippen LogP contribution in [0.25, 0.3) is 0 Å². The van der Waals surface area contributed by atoms with E-state index in [1.54, 1.807) is 6.07 Å². The summed E-state index contributed by atoms with van der Waals surface area (Å²) in [6.45, 7) is 4.10. The quantitative estimate of drug-likeness (QED) is 0.898. The first-order chi connectivity index (χ1) is 9.52. The molecule has 20 heavy (non-hydrogen) atoms. The minimum Gasteiger partial charge on any atom is -0.388 e. The van der Waals surface area contributed by atoms with Crippen LogP contribution in [0.2, 0.25) is 0 Å². The zero-order valence-electron chi connectivity index (χ0n) is 11.8. The predicted octanol–water partition coefficient (Wildman–Crippen LogP) is 3.22. The lowest BCUT2D eigenvalue weighted by molar-refractivity contribution is 0.146. The number of aliphatic hydroxyl groups is 1. The molecule has 0 amide bonds. The van der Waals surface area contributed by atoms with Crippen molar-refractivity contribution in [3.8, 4) is 0 Å². The number of aryl methyl sites for hydroxylation is 2. The Morgan fingerprint density at radius 3 is 2.45 bits per heavy atom. The fourth-order valence-corrected chi connectivity index (χ4v) is 2.60. The first-order valence-electron chi connectivity index (χ1n) is 6.73. The molecule has 3 heteroatoms. The van der Waals surface area contributed by atoms with Crippen molar-refractivity contribution in [1.82, 2.24) is 0 Å². The van der Waals surface area contributed by atoms with Crippen LogP contribution < -0.4 is 5.73 Å². The van der Waals surface area contributed by atoms with Gasteiger partial charge in [-0.3, -0.25) is 0 Å². The molecule has 3 N–H and O–H groups in total. The van der Waals surface area contributed by atoms with Gasteiger partial charge in [0.05, 0.1) is 6.10 Å². The monoisotopic (exact) mass is 273 g/mol. The van der Waals surface area contributed by atoms with Crippen LogP contribution in [0.5, 0.6) is 0 Å². The molecule has 0 aliphatic heterocycles. The molecule has 2 atom stereocenters. The van der Waals surface area contributed by atoms with Crippen molar-refractivity contribution in [2.45, 2.75) is 25.9 Å². The summed E-state index contributed by atoms with van der Waals surface area (Å²) in [6, 6.07) is 12.4. The highest BCUT2D eigenvalue weighted by Crippen LogP contribution is 2.32. The lowest BCUT2D eigenvalue weighted by Gasteiger charge is -2.24. The minimum atomic E-state index is -0.810. The maximum absolute atomic E-state index is 13.5. The van der Waals surface area contributed by atoms with Crippen LogP contribution in [0.3, 0.4) is 0 Å². The summed E-state index contributed by atoms with van der Waals surface area (Å²) in [7, 11) is 0. The SMILES string of the molecule is Cc1cc(F)cc(C(O)C(CN)c2ccccc2C)c1. The van der Waals surface area contributed by atoms with Gasteiger partial charge in [0.2, 0.25) is 0 Å². The van der Waals surface area contributed by atoms with Gasteiger partial charge in [0.15, 0.2) is 0 Å². The molecular formula is C17H20FNO. The molecule has 0 aliphatic rings. The Hall–Kier alpha value is -1.71. The highest BCUT2D eigenvalue weighted by Gasteiger charge is 2.23. The molecule has 0 saturated carbocycles. The van der Waals surface area contributed by atoms with Crippen LogP contribution in [0.1, 0.15) is 34.3 Å². The van der Waals surface area contributed by atoms with Gasteiger partial charge in [-0.15, -0.1) is 0 Å². The van der Waals surface area contributed by atoms with Gasteiger partial charge < -0.3 is 10.8 Å². The fraction of sp³-hybridized carbons (Fsp3) is 0.294. The third-order valence-electron chi connectivity index (χ3n) is 3.63. The first kappa shape index (κ1) is 14.7. The van der Waals surface area contributed by atoms with E-state index < -0.39 is 6.10 Å². The van der Waals surface area contributed by atoms with Crippen LogP contribution >= 0.6 is 0 Å². The van der Waals surface area contributed by atoms with Gasteiger partial charge in [0, 0.05) is 12.5 Å². The van der Waals surface area contributed by atoms with Gasteiger partial charge >= 0.3 is 0 Å².